The monoisotopic (exact) mass is 416 g/mol. The Hall–Kier alpha value is -1.89. The molecule has 0 unspecified atom stereocenters. The number of hydrogen-bond acceptors (Lipinski definition) is 5. The minimum absolute atomic E-state index is 0.0847. The van der Waals surface area contributed by atoms with Gasteiger partial charge in [0, 0.05) is 24.0 Å². The first-order valence-corrected chi connectivity index (χ1v) is 11.2. The third kappa shape index (κ3) is 5.59. The van der Waals surface area contributed by atoms with E-state index in [-0.39, 0.29) is 18.0 Å². The standard InChI is InChI=1S/C23H32N2O3S/c1-16(2)24(13-18(4)26)14-23(27)25-10-8-22-20(9-11-29-22)21(25)15-28-19-7-5-6-17(3)12-19/h5-7,9,11-12,16,18,21,26H,8,10,13-15H2,1-4H3/t18-,21-/m0/s1. The zero-order valence-electron chi connectivity index (χ0n) is 17.8. The van der Waals surface area contributed by atoms with Gasteiger partial charge in [-0.1, -0.05) is 12.1 Å². The normalized spacial score (nSPS) is 17.5. The minimum Gasteiger partial charge on any atom is -0.491 e. The third-order valence-electron chi connectivity index (χ3n) is 5.38. The highest BCUT2D eigenvalue weighted by molar-refractivity contribution is 7.10. The molecule has 3 rings (SSSR count). The van der Waals surface area contributed by atoms with E-state index in [9.17, 15) is 9.90 Å². The third-order valence-corrected chi connectivity index (χ3v) is 6.38. The molecule has 29 heavy (non-hydrogen) atoms. The van der Waals surface area contributed by atoms with Crippen molar-refractivity contribution in [2.75, 3.05) is 26.2 Å². The highest BCUT2D eigenvalue weighted by Crippen LogP contribution is 2.34. The summed E-state index contributed by atoms with van der Waals surface area (Å²) in [7, 11) is 0. The first kappa shape index (κ1) is 21.8. The molecule has 5 nitrogen and oxygen atoms in total. The van der Waals surface area contributed by atoms with Crippen LogP contribution in [0.5, 0.6) is 5.75 Å². The second kappa shape index (κ2) is 9.74. The van der Waals surface area contributed by atoms with Crippen LogP contribution in [0.2, 0.25) is 0 Å². The van der Waals surface area contributed by atoms with Crippen LogP contribution in [0.3, 0.4) is 0 Å². The summed E-state index contributed by atoms with van der Waals surface area (Å²) in [5, 5.41) is 11.9. The van der Waals surface area contributed by atoms with Crippen LogP contribution in [0.1, 0.15) is 42.8 Å². The van der Waals surface area contributed by atoms with Crippen LogP contribution < -0.4 is 4.74 Å². The molecule has 1 aliphatic heterocycles. The van der Waals surface area contributed by atoms with Gasteiger partial charge in [-0.15, -0.1) is 11.3 Å². The molecular weight excluding hydrogens is 384 g/mol. The van der Waals surface area contributed by atoms with Crippen molar-refractivity contribution in [1.29, 1.82) is 0 Å². The Balaban J connectivity index is 1.75. The van der Waals surface area contributed by atoms with Crippen molar-refractivity contribution in [3.8, 4) is 5.75 Å². The Morgan fingerprint density at radius 1 is 1.34 bits per heavy atom. The Labute approximate surface area is 177 Å². The molecule has 2 atom stereocenters. The molecule has 2 heterocycles. The topological polar surface area (TPSA) is 53.0 Å². The lowest BCUT2D eigenvalue weighted by Gasteiger charge is -2.38. The lowest BCUT2D eigenvalue weighted by atomic mass is 10.00. The molecule has 0 saturated heterocycles. The van der Waals surface area contributed by atoms with Crippen molar-refractivity contribution in [3.05, 3.63) is 51.7 Å². The summed E-state index contributed by atoms with van der Waals surface area (Å²) in [4.78, 5) is 18.6. The number of amides is 1. The quantitative estimate of drug-likeness (QED) is 0.714. The van der Waals surface area contributed by atoms with Gasteiger partial charge in [0.1, 0.15) is 12.4 Å². The number of fused-ring (bicyclic) bond motifs is 1. The molecule has 1 aromatic carbocycles. The van der Waals surface area contributed by atoms with E-state index in [1.165, 1.54) is 10.4 Å². The SMILES string of the molecule is Cc1cccc(OC[C@H]2c3ccsc3CCN2C(=O)CN(C[C@H](C)O)C(C)C)c1. The first-order valence-electron chi connectivity index (χ1n) is 10.3. The summed E-state index contributed by atoms with van der Waals surface area (Å²) in [6.07, 6.45) is 0.424. The van der Waals surface area contributed by atoms with E-state index in [0.717, 1.165) is 17.7 Å². The Bertz CT molecular complexity index is 818. The molecule has 1 aromatic heterocycles. The smallest absolute Gasteiger partial charge is 0.237 e. The largest absolute Gasteiger partial charge is 0.491 e. The molecule has 0 bridgehead atoms. The maximum Gasteiger partial charge on any atom is 0.237 e. The Kier molecular flexibility index (Phi) is 7.33. The molecule has 1 N–H and O–H groups in total. The molecule has 2 aromatic rings. The molecule has 1 amide bonds. The van der Waals surface area contributed by atoms with Crippen LogP contribution >= 0.6 is 11.3 Å². The predicted molar refractivity (Wildman–Crippen MR) is 118 cm³/mol. The number of aliphatic hydroxyl groups is 1. The number of hydrogen-bond donors (Lipinski definition) is 1. The Morgan fingerprint density at radius 3 is 2.83 bits per heavy atom. The Morgan fingerprint density at radius 2 is 2.14 bits per heavy atom. The highest BCUT2D eigenvalue weighted by atomic mass is 32.1. The lowest BCUT2D eigenvalue weighted by molar-refractivity contribution is -0.136. The second-order valence-electron chi connectivity index (χ2n) is 8.15. The number of carbonyl (C=O) groups is 1. The van der Waals surface area contributed by atoms with Crippen molar-refractivity contribution in [3.63, 3.8) is 0 Å². The van der Waals surface area contributed by atoms with Crippen molar-refractivity contribution < 1.29 is 14.6 Å². The minimum atomic E-state index is -0.463. The number of ether oxygens (including phenoxy) is 1. The molecule has 0 fully saturated rings. The van der Waals surface area contributed by atoms with E-state index in [0.29, 0.717) is 26.2 Å². The molecule has 158 valence electrons. The second-order valence-corrected chi connectivity index (χ2v) is 9.15. The zero-order chi connectivity index (χ0) is 21.0. The van der Waals surface area contributed by atoms with Crippen LogP contribution in [-0.4, -0.2) is 59.2 Å². The van der Waals surface area contributed by atoms with Crippen molar-refractivity contribution in [2.45, 2.75) is 52.3 Å². The summed E-state index contributed by atoms with van der Waals surface area (Å²) < 4.78 is 6.11. The van der Waals surface area contributed by atoms with Crippen LogP contribution in [0.4, 0.5) is 0 Å². The van der Waals surface area contributed by atoms with Gasteiger partial charge in [-0.05, 0) is 68.8 Å². The number of nitrogens with zero attached hydrogens (tertiary/aromatic N) is 2. The van der Waals surface area contributed by atoms with Crippen LogP contribution in [-0.2, 0) is 11.2 Å². The van der Waals surface area contributed by atoms with Crippen LogP contribution in [0.15, 0.2) is 35.7 Å². The van der Waals surface area contributed by atoms with Gasteiger partial charge in [-0.2, -0.15) is 0 Å². The maximum atomic E-state index is 13.3. The van der Waals surface area contributed by atoms with Crippen LogP contribution in [0.25, 0.3) is 0 Å². The summed E-state index contributed by atoms with van der Waals surface area (Å²) in [6.45, 7) is 9.86. The van der Waals surface area contributed by atoms with E-state index in [1.807, 2.05) is 41.0 Å². The van der Waals surface area contributed by atoms with Crippen LogP contribution in [0, 0.1) is 6.92 Å². The summed E-state index contributed by atoms with van der Waals surface area (Å²) >= 11 is 1.76. The highest BCUT2D eigenvalue weighted by Gasteiger charge is 2.33. The molecule has 0 aliphatic carbocycles. The number of aliphatic hydroxyl groups excluding tert-OH is 1. The van der Waals surface area contributed by atoms with Gasteiger partial charge in [0.15, 0.2) is 0 Å². The van der Waals surface area contributed by atoms with E-state index >= 15 is 0 Å². The fourth-order valence-electron chi connectivity index (χ4n) is 3.82. The van der Waals surface area contributed by atoms with Crippen molar-refractivity contribution in [2.24, 2.45) is 0 Å². The van der Waals surface area contributed by atoms with E-state index in [2.05, 4.69) is 25.3 Å². The first-order chi connectivity index (χ1) is 13.8. The molecule has 6 heteroatoms. The summed E-state index contributed by atoms with van der Waals surface area (Å²) in [5.74, 6) is 0.923. The van der Waals surface area contributed by atoms with Gasteiger partial charge in [-0.3, -0.25) is 9.69 Å². The van der Waals surface area contributed by atoms with Gasteiger partial charge in [0.05, 0.1) is 18.7 Å². The van der Waals surface area contributed by atoms with Gasteiger partial charge < -0.3 is 14.7 Å². The molecule has 0 radical (unpaired) electrons. The summed E-state index contributed by atoms with van der Waals surface area (Å²) in [6, 6.07) is 10.2. The average Bonchev–Trinajstić information content (AvgIpc) is 3.14. The van der Waals surface area contributed by atoms with E-state index in [1.54, 1.807) is 18.3 Å². The van der Waals surface area contributed by atoms with Gasteiger partial charge in [0.25, 0.3) is 0 Å². The number of rotatable bonds is 8. The van der Waals surface area contributed by atoms with E-state index in [4.69, 9.17) is 4.74 Å². The molecule has 1 aliphatic rings. The molecule has 0 saturated carbocycles. The fourth-order valence-corrected chi connectivity index (χ4v) is 4.74. The number of benzene rings is 1. The molecule has 0 spiro atoms. The number of aryl methyl sites for hydroxylation is 1. The number of thiophene rings is 1. The predicted octanol–water partition coefficient (Wildman–Crippen LogP) is 3.65. The average molecular weight is 417 g/mol. The lowest BCUT2D eigenvalue weighted by Crippen LogP contribution is -2.49. The van der Waals surface area contributed by atoms with E-state index < -0.39 is 6.10 Å². The van der Waals surface area contributed by atoms with Crippen molar-refractivity contribution >= 4 is 17.2 Å². The number of carbonyl (C=O) groups excluding carboxylic acids is 1. The summed E-state index contributed by atoms with van der Waals surface area (Å²) in [5.41, 5.74) is 2.36. The molecular formula is C23H32N2O3S. The fraction of sp³-hybridized carbons (Fsp3) is 0.522. The zero-order valence-corrected chi connectivity index (χ0v) is 18.6. The van der Waals surface area contributed by atoms with Crippen molar-refractivity contribution in [1.82, 2.24) is 9.80 Å². The van der Waals surface area contributed by atoms with Gasteiger partial charge in [-0.25, -0.2) is 0 Å². The van der Waals surface area contributed by atoms with Gasteiger partial charge >= 0.3 is 0 Å². The maximum absolute atomic E-state index is 13.3. The van der Waals surface area contributed by atoms with Gasteiger partial charge in [0.2, 0.25) is 5.91 Å².